The largest absolute Gasteiger partial charge is 0.416 e. The first-order valence-electron chi connectivity index (χ1n) is 8.63. The minimum atomic E-state index is -4.41. The molecule has 7 heteroatoms. The average molecular weight is 363 g/mol. The molecular formula is C19H20F3N3O. The second kappa shape index (κ2) is 7.76. The van der Waals surface area contributed by atoms with Gasteiger partial charge < -0.3 is 10.6 Å². The quantitative estimate of drug-likeness (QED) is 0.812. The van der Waals surface area contributed by atoms with Crippen LogP contribution in [0.4, 0.5) is 24.7 Å². The van der Waals surface area contributed by atoms with Crippen LogP contribution >= 0.6 is 0 Å². The lowest BCUT2D eigenvalue weighted by Crippen LogP contribution is -2.36. The highest BCUT2D eigenvalue weighted by atomic mass is 19.4. The number of aromatic nitrogens is 1. The maximum Gasteiger partial charge on any atom is 0.416 e. The second-order valence-electron chi connectivity index (χ2n) is 6.44. The van der Waals surface area contributed by atoms with Gasteiger partial charge >= 0.3 is 6.18 Å². The SMILES string of the molecule is O=C(NC1CCCCC1)c1ccnc(Nc2cccc(C(F)(F)F)c2)c1. The van der Waals surface area contributed by atoms with Gasteiger partial charge in [0.05, 0.1) is 5.56 Å². The predicted octanol–water partition coefficient (Wildman–Crippen LogP) is 4.91. The zero-order chi connectivity index (χ0) is 18.6. The number of anilines is 2. The summed E-state index contributed by atoms with van der Waals surface area (Å²) in [7, 11) is 0. The lowest BCUT2D eigenvalue weighted by Gasteiger charge is -2.22. The summed E-state index contributed by atoms with van der Waals surface area (Å²) in [5.41, 5.74) is -0.0501. The van der Waals surface area contributed by atoms with Crippen LogP contribution in [0, 0.1) is 0 Å². The molecular weight excluding hydrogens is 343 g/mol. The van der Waals surface area contributed by atoms with Crippen molar-refractivity contribution in [3.8, 4) is 0 Å². The molecule has 1 aliphatic rings. The highest BCUT2D eigenvalue weighted by Gasteiger charge is 2.30. The minimum absolute atomic E-state index is 0.185. The number of amides is 1. The van der Waals surface area contributed by atoms with Crippen LogP contribution in [0.15, 0.2) is 42.6 Å². The van der Waals surface area contributed by atoms with Crippen LogP contribution in [0.1, 0.15) is 48.0 Å². The van der Waals surface area contributed by atoms with E-state index in [1.54, 1.807) is 12.1 Å². The zero-order valence-electron chi connectivity index (χ0n) is 14.1. The first-order chi connectivity index (χ1) is 12.4. The monoisotopic (exact) mass is 363 g/mol. The average Bonchev–Trinajstić information content (AvgIpc) is 2.62. The molecule has 4 nitrogen and oxygen atoms in total. The van der Waals surface area contributed by atoms with Gasteiger partial charge in [0, 0.05) is 23.5 Å². The topological polar surface area (TPSA) is 54.0 Å². The molecule has 0 unspecified atom stereocenters. The molecule has 1 heterocycles. The van der Waals surface area contributed by atoms with Gasteiger partial charge in [0.1, 0.15) is 5.82 Å². The summed E-state index contributed by atoms with van der Waals surface area (Å²) >= 11 is 0. The maximum atomic E-state index is 12.8. The Kier molecular flexibility index (Phi) is 5.44. The van der Waals surface area contributed by atoms with Crippen LogP contribution in [-0.2, 0) is 6.18 Å². The van der Waals surface area contributed by atoms with E-state index >= 15 is 0 Å². The van der Waals surface area contributed by atoms with Crippen molar-refractivity contribution in [1.82, 2.24) is 10.3 Å². The first-order valence-corrected chi connectivity index (χ1v) is 8.63. The van der Waals surface area contributed by atoms with E-state index in [1.165, 1.54) is 24.8 Å². The number of rotatable bonds is 4. The number of nitrogens with zero attached hydrogens (tertiary/aromatic N) is 1. The van der Waals surface area contributed by atoms with Crippen molar-refractivity contribution in [2.24, 2.45) is 0 Å². The van der Waals surface area contributed by atoms with Crippen LogP contribution in [0.25, 0.3) is 0 Å². The summed E-state index contributed by atoms with van der Waals surface area (Å²) in [6.45, 7) is 0. The van der Waals surface area contributed by atoms with E-state index in [0.717, 1.165) is 37.8 Å². The smallest absolute Gasteiger partial charge is 0.349 e. The summed E-state index contributed by atoms with van der Waals surface area (Å²) in [5.74, 6) is 0.131. The molecule has 2 aromatic rings. The third kappa shape index (κ3) is 4.74. The van der Waals surface area contributed by atoms with E-state index in [0.29, 0.717) is 11.4 Å². The van der Waals surface area contributed by atoms with Gasteiger partial charge in [-0.15, -0.1) is 0 Å². The zero-order valence-corrected chi connectivity index (χ0v) is 14.1. The normalized spacial score (nSPS) is 15.5. The van der Waals surface area contributed by atoms with Crippen molar-refractivity contribution < 1.29 is 18.0 Å². The highest BCUT2D eigenvalue weighted by Crippen LogP contribution is 2.31. The Morgan fingerprint density at radius 1 is 1.08 bits per heavy atom. The van der Waals surface area contributed by atoms with Crippen molar-refractivity contribution in [2.45, 2.75) is 44.3 Å². The number of benzene rings is 1. The van der Waals surface area contributed by atoms with Crippen molar-refractivity contribution >= 4 is 17.4 Å². The third-order valence-corrected chi connectivity index (χ3v) is 4.42. The Bertz CT molecular complexity index is 771. The number of halogens is 3. The fourth-order valence-corrected chi connectivity index (χ4v) is 3.08. The van der Waals surface area contributed by atoms with Gasteiger partial charge in [0.25, 0.3) is 5.91 Å². The number of nitrogens with one attached hydrogen (secondary N) is 2. The van der Waals surface area contributed by atoms with Crippen molar-refractivity contribution in [3.05, 3.63) is 53.7 Å². The molecule has 1 fully saturated rings. The van der Waals surface area contributed by atoms with Crippen molar-refractivity contribution in [3.63, 3.8) is 0 Å². The Morgan fingerprint density at radius 2 is 1.85 bits per heavy atom. The van der Waals surface area contributed by atoms with E-state index in [2.05, 4.69) is 15.6 Å². The van der Waals surface area contributed by atoms with Gasteiger partial charge in [-0.05, 0) is 43.2 Å². The summed E-state index contributed by atoms with van der Waals surface area (Å²) < 4.78 is 38.4. The van der Waals surface area contributed by atoms with Crippen molar-refractivity contribution in [2.75, 3.05) is 5.32 Å². The molecule has 0 aliphatic heterocycles. The summed E-state index contributed by atoms with van der Waals surface area (Å²) in [4.78, 5) is 16.5. The molecule has 1 saturated carbocycles. The van der Waals surface area contributed by atoms with E-state index in [-0.39, 0.29) is 17.6 Å². The fraction of sp³-hybridized carbons (Fsp3) is 0.368. The molecule has 1 aliphatic carbocycles. The van der Waals surface area contributed by atoms with Crippen LogP contribution in [0.3, 0.4) is 0 Å². The van der Waals surface area contributed by atoms with Gasteiger partial charge in [-0.2, -0.15) is 13.2 Å². The molecule has 1 aromatic carbocycles. The summed E-state index contributed by atoms with van der Waals surface area (Å²) in [6, 6.07) is 8.18. The Labute approximate surface area is 149 Å². The summed E-state index contributed by atoms with van der Waals surface area (Å²) in [5, 5.41) is 5.84. The van der Waals surface area contributed by atoms with Gasteiger partial charge in [-0.1, -0.05) is 25.3 Å². The molecule has 1 amide bonds. The molecule has 0 bridgehead atoms. The molecule has 0 radical (unpaired) electrons. The van der Waals surface area contributed by atoms with Crippen molar-refractivity contribution in [1.29, 1.82) is 0 Å². The molecule has 0 saturated heterocycles. The molecule has 0 spiro atoms. The number of hydrogen-bond donors (Lipinski definition) is 2. The number of pyridine rings is 1. The fourth-order valence-electron chi connectivity index (χ4n) is 3.08. The predicted molar refractivity (Wildman–Crippen MR) is 93.3 cm³/mol. The summed E-state index contributed by atoms with van der Waals surface area (Å²) in [6.07, 6.45) is 2.44. The Morgan fingerprint density at radius 3 is 2.58 bits per heavy atom. The number of carbonyl (C=O) groups is 1. The molecule has 0 atom stereocenters. The van der Waals surface area contributed by atoms with E-state index in [9.17, 15) is 18.0 Å². The van der Waals surface area contributed by atoms with Gasteiger partial charge in [0.15, 0.2) is 0 Å². The number of carbonyl (C=O) groups excluding carboxylic acids is 1. The standard InChI is InChI=1S/C19H20F3N3O/c20-19(21,22)14-5-4-8-16(12-14)24-17-11-13(9-10-23-17)18(26)25-15-6-2-1-3-7-15/h4-5,8-12,15H,1-3,6-7H2,(H,23,24)(H,25,26). The lowest BCUT2D eigenvalue weighted by molar-refractivity contribution is -0.137. The second-order valence-corrected chi connectivity index (χ2v) is 6.44. The molecule has 2 N–H and O–H groups in total. The molecule has 1 aromatic heterocycles. The number of alkyl halides is 3. The molecule has 26 heavy (non-hydrogen) atoms. The van der Waals surface area contributed by atoms with Crippen LogP contribution in [0.5, 0.6) is 0 Å². The van der Waals surface area contributed by atoms with E-state index in [1.807, 2.05) is 0 Å². The highest BCUT2D eigenvalue weighted by molar-refractivity contribution is 5.95. The Balaban J connectivity index is 1.70. The maximum absolute atomic E-state index is 12.8. The first kappa shape index (κ1) is 18.2. The van der Waals surface area contributed by atoms with Crippen LogP contribution in [0.2, 0.25) is 0 Å². The van der Waals surface area contributed by atoms with Crippen LogP contribution < -0.4 is 10.6 Å². The van der Waals surface area contributed by atoms with E-state index < -0.39 is 11.7 Å². The minimum Gasteiger partial charge on any atom is -0.349 e. The van der Waals surface area contributed by atoms with Gasteiger partial charge in [0.2, 0.25) is 0 Å². The van der Waals surface area contributed by atoms with E-state index in [4.69, 9.17) is 0 Å². The Hall–Kier alpha value is -2.57. The van der Waals surface area contributed by atoms with Gasteiger partial charge in [-0.25, -0.2) is 4.98 Å². The third-order valence-electron chi connectivity index (χ3n) is 4.42. The lowest BCUT2D eigenvalue weighted by atomic mass is 9.95. The van der Waals surface area contributed by atoms with Gasteiger partial charge in [-0.3, -0.25) is 4.79 Å². The van der Waals surface area contributed by atoms with Crippen LogP contribution in [-0.4, -0.2) is 16.9 Å². The number of hydrogen-bond acceptors (Lipinski definition) is 3. The molecule has 138 valence electrons. The molecule has 3 rings (SSSR count).